The molecule has 0 bridgehead atoms. The van der Waals surface area contributed by atoms with Crippen molar-refractivity contribution in [1.82, 2.24) is 10.0 Å². The normalized spacial score (nSPS) is 17.4. The lowest BCUT2D eigenvalue weighted by molar-refractivity contribution is 0.520. The lowest BCUT2D eigenvalue weighted by Crippen LogP contribution is -2.27. The van der Waals surface area contributed by atoms with Crippen molar-refractivity contribution in [3.63, 3.8) is 0 Å². The second-order valence-electron chi connectivity index (χ2n) is 4.75. The summed E-state index contributed by atoms with van der Waals surface area (Å²) in [5.41, 5.74) is 0. The Morgan fingerprint density at radius 3 is 2.72 bits per heavy atom. The third-order valence-corrected chi connectivity index (χ3v) is 6.29. The molecule has 1 aliphatic rings. The molecule has 2 N–H and O–H groups in total. The molecule has 0 amide bonds. The molecule has 0 saturated heterocycles. The van der Waals surface area contributed by atoms with Gasteiger partial charge >= 0.3 is 0 Å². The van der Waals surface area contributed by atoms with Crippen LogP contribution in [0.3, 0.4) is 0 Å². The second kappa shape index (κ2) is 6.14. The quantitative estimate of drug-likeness (QED) is 0.841. The largest absolute Gasteiger partial charge is 0.315 e. The van der Waals surface area contributed by atoms with Crippen LogP contribution in [0.25, 0.3) is 0 Å². The molecule has 2 rings (SSSR count). The maximum atomic E-state index is 12.1. The second-order valence-corrected chi connectivity index (χ2v) is 7.92. The van der Waals surface area contributed by atoms with Gasteiger partial charge in [-0.1, -0.05) is 12.8 Å². The third kappa shape index (κ3) is 3.54. The molecule has 0 aliphatic heterocycles. The summed E-state index contributed by atoms with van der Waals surface area (Å²) < 4.78 is 27.3. The Kier molecular flexibility index (Phi) is 4.77. The third-order valence-electron chi connectivity index (χ3n) is 3.29. The highest BCUT2D eigenvalue weighted by Gasteiger charge is 2.20. The first-order valence-corrected chi connectivity index (χ1v) is 8.65. The van der Waals surface area contributed by atoms with Crippen LogP contribution in [0, 0.1) is 5.92 Å². The highest BCUT2D eigenvalue weighted by atomic mass is 32.2. The summed E-state index contributed by atoms with van der Waals surface area (Å²) in [6.45, 7) is 1.30. The van der Waals surface area contributed by atoms with E-state index in [1.165, 1.54) is 24.2 Å². The van der Waals surface area contributed by atoms with Gasteiger partial charge in [0.15, 0.2) is 0 Å². The van der Waals surface area contributed by atoms with E-state index in [9.17, 15) is 8.42 Å². The lowest BCUT2D eigenvalue weighted by atomic mass is 10.1. The first-order chi connectivity index (χ1) is 8.62. The van der Waals surface area contributed by atoms with E-state index in [1.807, 2.05) is 13.1 Å². The molecule has 6 heteroatoms. The van der Waals surface area contributed by atoms with Crippen LogP contribution in [-0.2, 0) is 16.6 Å². The zero-order valence-electron chi connectivity index (χ0n) is 10.6. The van der Waals surface area contributed by atoms with Crippen LogP contribution >= 0.6 is 11.3 Å². The van der Waals surface area contributed by atoms with Crippen LogP contribution in [0.5, 0.6) is 0 Å². The van der Waals surface area contributed by atoms with E-state index in [2.05, 4.69) is 10.0 Å². The van der Waals surface area contributed by atoms with Crippen molar-refractivity contribution in [2.24, 2.45) is 5.92 Å². The van der Waals surface area contributed by atoms with Crippen LogP contribution in [-0.4, -0.2) is 22.0 Å². The Morgan fingerprint density at radius 1 is 1.33 bits per heavy atom. The molecule has 1 aliphatic carbocycles. The van der Waals surface area contributed by atoms with Crippen molar-refractivity contribution in [2.75, 3.05) is 13.6 Å². The molecule has 1 aromatic rings. The minimum atomic E-state index is -3.30. The van der Waals surface area contributed by atoms with Gasteiger partial charge in [0.1, 0.15) is 4.21 Å². The zero-order chi connectivity index (χ0) is 13.0. The summed E-state index contributed by atoms with van der Waals surface area (Å²) in [4.78, 5) is 1.04. The van der Waals surface area contributed by atoms with E-state index in [0.717, 1.165) is 17.7 Å². The SMILES string of the molecule is CNCc1ccc(S(=O)(=O)NCC2CCCC2)s1. The lowest BCUT2D eigenvalue weighted by Gasteiger charge is -2.09. The Labute approximate surface area is 113 Å². The molecular weight excluding hydrogens is 268 g/mol. The van der Waals surface area contributed by atoms with Crippen molar-refractivity contribution in [1.29, 1.82) is 0 Å². The number of rotatable bonds is 6. The number of hydrogen-bond acceptors (Lipinski definition) is 4. The molecule has 0 aromatic carbocycles. The molecule has 102 valence electrons. The van der Waals surface area contributed by atoms with Crippen molar-refractivity contribution in [3.8, 4) is 0 Å². The molecule has 0 unspecified atom stereocenters. The number of nitrogens with one attached hydrogen (secondary N) is 2. The van der Waals surface area contributed by atoms with Crippen molar-refractivity contribution in [2.45, 2.75) is 36.4 Å². The van der Waals surface area contributed by atoms with E-state index in [4.69, 9.17) is 0 Å². The Bertz CT molecular complexity index is 476. The van der Waals surface area contributed by atoms with Crippen LogP contribution in [0.4, 0.5) is 0 Å². The summed E-state index contributed by atoms with van der Waals surface area (Å²) in [7, 11) is -1.45. The molecule has 18 heavy (non-hydrogen) atoms. The van der Waals surface area contributed by atoms with Gasteiger partial charge in [-0.2, -0.15) is 0 Å². The minimum absolute atomic E-state index is 0.422. The van der Waals surface area contributed by atoms with Crippen LogP contribution < -0.4 is 10.0 Å². The van der Waals surface area contributed by atoms with Crippen LogP contribution in [0.2, 0.25) is 0 Å². The van der Waals surface area contributed by atoms with Gasteiger partial charge in [0.05, 0.1) is 0 Å². The summed E-state index contributed by atoms with van der Waals surface area (Å²) in [5, 5.41) is 3.02. The summed E-state index contributed by atoms with van der Waals surface area (Å²) >= 11 is 1.33. The van der Waals surface area contributed by atoms with E-state index < -0.39 is 10.0 Å². The van der Waals surface area contributed by atoms with Gasteiger partial charge < -0.3 is 5.32 Å². The Morgan fingerprint density at radius 2 is 2.06 bits per heavy atom. The van der Waals surface area contributed by atoms with Crippen molar-refractivity contribution >= 4 is 21.4 Å². The van der Waals surface area contributed by atoms with Gasteiger partial charge in [-0.25, -0.2) is 13.1 Å². The van der Waals surface area contributed by atoms with Crippen LogP contribution in [0.15, 0.2) is 16.3 Å². The highest BCUT2D eigenvalue weighted by molar-refractivity contribution is 7.91. The fraction of sp³-hybridized carbons (Fsp3) is 0.667. The van der Waals surface area contributed by atoms with E-state index in [1.54, 1.807) is 6.07 Å². The van der Waals surface area contributed by atoms with Crippen molar-refractivity contribution < 1.29 is 8.42 Å². The van der Waals surface area contributed by atoms with Crippen molar-refractivity contribution in [3.05, 3.63) is 17.0 Å². The predicted octanol–water partition coefficient (Wildman–Crippen LogP) is 1.94. The fourth-order valence-corrected chi connectivity index (χ4v) is 4.81. The summed E-state index contributed by atoms with van der Waals surface area (Å²) in [6.07, 6.45) is 4.77. The maximum absolute atomic E-state index is 12.1. The fourth-order valence-electron chi connectivity index (χ4n) is 2.29. The van der Waals surface area contributed by atoms with Gasteiger partial charge in [0.25, 0.3) is 0 Å². The number of hydrogen-bond donors (Lipinski definition) is 2. The Hall–Kier alpha value is -0.430. The molecular formula is C12H20N2O2S2. The highest BCUT2D eigenvalue weighted by Crippen LogP contribution is 2.25. The smallest absolute Gasteiger partial charge is 0.250 e. The number of thiophene rings is 1. The topological polar surface area (TPSA) is 58.2 Å². The molecule has 4 nitrogen and oxygen atoms in total. The molecule has 1 saturated carbocycles. The van der Waals surface area contributed by atoms with Gasteiger partial charge in [-0.05, 0) is 37.9 Å². The zero-order valence-corrected chi connectivity index (χ0v) is 12.2. The summed E-state index contributed by atoms with van der Waals surface area (Å²) in [5.74, 6) is 0.525. The van der Waals surface area contributed by atoms with E-state index in [0.29, 0.717) is 23.2 Å². The average molecular weight is 288 g/mol. The average Bonchev–Trinajstić information content (AvgIpc) is 2.98. The Balaban J connectivity index is 1.95. The minimum Gasteiger partial charge on any atom is -0.315 e. The molecule has 0 spiro atoms. The first kappa shape index (κ1) is 14.0. The molecule has 1 fully saturated rings. The van der Waals surface area contributed by atoms with Crippen LogP contribution in [0.1, 0.15) is 30.6 Å². The number of sulfonamides is 1. The first-order valence-electron chi connectivity index (χ1n) is 6.35. The maximum Gasteiger partial charge on any atom is 0.250 e. The van der Waals surface area contributed by atoms with E-state index >= 15 is 0 Å². The van der Waals surface area contributed by atoms with Gasteiger partial charge in [0, 0.05) is 18.0 Å². The van der Waals surface area contributed by atoms with E-state index in [-0.39, 0.29) is 0 Å². The monoisotopic (exact) mass is 288 g/mol. The predicted molar refractivity (Wildman–Crippen MR) is 74.2 cm³/mol. The molecule has 0 atom stereocenters. The van der Waals surface area contributed by atoms with Gasteiger partial charge in [-0.3, -0.25) is 0 Å². The van der Waals surface area contributed by atoms with Gasteiger partial charge in [0.2, 0.25) is 10.0 Å². The van der Waals surface area contributed by atoms with Gasteiger partial charge in [-0.15, -0.1) is 11.3 Å². The standard InChI is InChI=1S/C12H20N2O2S2/c1-13-9-11-6-7-12(17-11)18(15,16)14-8-10-4-2-3-5-10/h6-7,10,13-14H,2-5,8-9H2,1H3. The molecule has 1 heterocycles. The molecule has 1 aromatic heterocycles. The molecule has 0 radical (unpaired) electrons. The summed E-state index contributed by atoms with van der Waals surface area (Å²) in [6, 6.07) is 3.56.